The Balaban J connectivity index is 1.78. The van der Waals surface area contributed by atoms with Crippen molar-refractivity contribution >= 4 is 11.9 Å². The van der Waals surface area contributed by atoms with Crippen LogP contribution in [-0.4, -0.2) is 45.9 Å². The predicted octanol–water partition coefficient (Wildman–Crippen LogP) is 1.14. The Morgan fingerprint density at radius 3 is 2.73 bits per heavy atom. The molecule has 0 spiro atoms. The van der Waals surface area contributed by atoms with E-state index in [1.165, 1.54) is 7.11 Å². The van der Waals surface area contributed by atoms with Gasteiger partial charge in [0.15, 0.2) is 0 Å². The molecule has 2 aliphatic rings. The van der Waals surface area contributed by atoms with Crippen LogP contribution in [0, 0.1) is 11.8 Å². The van der Waals surface area contributed by atoms with Crippen molar-refractivity contribution in [3.63, 3.8) is 0 Å². The number of pyridine rings is 1. The van der Waals surface area contributed by atoms with Gasteiger partial charge in [0.1, 0.15) is 17.1 Å². The SMILES string of the molecule is COC(=O)N1C2CCC1CC(O)(C#Cc1cccc(N)n1)C2. The second kappa shape index (κ2) is 5.50. The first-order valence-electron chi connectivity index (χ1n) is 7.35. The second-order valence-electron chi connectivity index (χ2n) is 5.90. The smallest absolute Gasteiger partial charge is 0.409 e. The van der Waals surface area contributed by atoms with Gasteiger partial charge in [-0.15, -0.1) is 0 Å². The molecule has 0 radical (unpaired) electrons. The average molecular weight is 301 g/mol. The van der Waals surface area contributed by atoms with Crippen LogP contribution in [0.3, 0.4) is 0 Å². The maximum atomic E-state index is 11.8. The number of amides is 1. The number of nitrogen functional groups attached to an aromatic ring is 1. The summed E-state index contributed by atoms with van der Waals surface area (Å²) in [4.78, 5) is 17.7. The number of carbonyl (C=O) groups is 1. The van der Waals surface area contributed by atoms with Gasteiger partial charge in [0, 0.05) is 24.9 Å². The lowest BCUT2D eigenvalue weighted by molar-refractivity contribution is -0.00731. The van der Waals surface area contributed by atoms with E-state index in [4.69, 9.17) is 10.5 Å². The number of anilines is 1. The number of fused-ring (bicyclic) bond motifs is 2. The summed E-state index contributed by atoms with van der Waals surface area (Å²) >= 11 is 0. The first-order valence-corrected chi connectivity index (χ1v) is 7.35. The van der Waals surface area contributed by atoms with Gasteiger partial charge in [-0.05, 0) is 30.9 Å². The normalized spacial score (nSPS) is 29.6. The van der Waals surface area contributed by atoms with Crippen molar-refractivity contribution in [2.45, 2.75) is 43.4 Å². The van der Waals surface area contributed by atoms with Gasteiger partial charge in [-0.3, -0.25) is 0 Å². The van der Waals surface area contributed by atoms with Gasteiger partial charge in [-0.25, -0.2) is 9.78 Å². The molecule has 1 aromatic heterocycles. The van der Waals surface area contributed by atoms with Gasteiger partial charge in [-0.1, -0.05) is 12.0 Å². The molecule has 1 amide bonds. The molecule has 6 heteroatoms. The van der Waals surface area contributed by atoms with Crippen LogP contribution in [0.5, 0.6) is 0 Å². The number of rotatable bonds is 0. The summed E-state index contributed by atoms with van der Waals surface area (Å²) in [6.45, 7) is 0. The molecular weight excluding hydrogens is 282 g/mol. The largest absolute Gasteiger partial charge is 0.453 e. The van der Waals surface area contributed by atoms with E-state index in [1.54, 1.807) is 23.1 Å². The Morgan fingerprint density at radius 1 is 1.45 bits per heavy atom. The molecule has 3 heterocycles. The van der Waals surface area contributed by atoms with Crippen molar-refractivity contribution in [3.05, 3.63) is 23.9 Å². The van der Waals surface area contributed by atoms with E-state index in [0.29, 0.717) is 24.4 Å². The molecule has 2 fully saturated rings. The zero-order chi connectivity index (χ0) is 15.7. The summed E-state index contributed by atoms with van der Waals surface area (Å²) in [5.74, 6) is 6.23. The highest BCUT2D eigenvalue weighted by molar-refractivity contribution is 5.69. The third-order valence-electron chi connectivity index (χ3n) is 4.35. The van der Waals surface area contributed by atoms with Gasteiger partial charge >= 0.3 is 6.09 Å². The molecule has 2 saturated heterocycles. The Kier molecular flexibility index (Phi) is 3.67. The van der Waals surface area contributed by atoms with Crippen molar-refractivity contribution in [3.8, 4) is 11.8 Å². The van der Waals surface area contributed by atoms with Crippen LogP contribution in [0.4, 0.5) is 10.6 Å². The number of aromatic nitrogens is 1. The van der Waals surface area contributed by atoms with E-state index in [-0.39, 0.29) is 18.2 Å². The van der Waals surface area contributed by atoms with Gasteiger partial charge in [0.25, 0.3) is 0 Å². The molecule has 116 valence electrons. The second-order valence-corrected chi connectivity index (χ2v) is 5.90. The van der Waals surface area contributed by atoms with Gasteiger partial charge in [-0.2, -0.15) is 0 Å². The van der Waals surface area contributed by atoms with Crippen LogP contribution in [0.2, 0.25) is 0 Å². The summed E-state index contributed by atoms with van der Waals surface area (Å²) in [5, 5.41) is 10.7. The van der Waals surface area contributed by atoms with Crippen molar-refractivity contribution in [1.82, 2.24) is 9.88 Å². The summed E-state index contributed by atoms with van der Waals surface area (Å²) in [5.41, 5.74) is 5.07. The van der Waals surface area contributed by atoms with Gasteiger partial charge in [0.2, 0.25) is 0 Å². The molecular formula is C16H19N3O3. The van der Waals surface area contributed by atoms with E-state index >= 15 is 0 Å². The maximum Gasteiger partial charge on any atom is 0.409 e. The molecule has 2 aliphatic heterocycles. The van der Waals surface area contributed by atoms with Crippen LogP contribution >= 0.6 is 0 Å². The van der Waals surface area contributed by atoms with E-state index in [1.807, 2.05) is 0 Å². The minimum atomic E-state index is -1.09. The van der Waals surface area contributed by atoms with Gasteiger partial charge < -0.3 is 20.5 Å². The highest BCUT2D eigenvalue weighted by atomic mass is 16.5. The summed E-state index contributed by atoms with van der Waals surface area (Å²) in [6, 6.07) is 5.19. The Bertz CT molecular complexity index is 636. The van der Waals surface area contributed by atoms with Crippen LogP contribution in [0.25, 0.3) is 0 Å². The Morgan fingerprint density at radius 2 is 2.14 bits per heavy atom. The number of nitrogens with zero attached hydrogens (tertiary/aromatic N) is 2. The van der Waals surface area contributed by atoms with Crippen LogP contribution < -0.4 is 5.73 Å². The number of piperidine rings is 1. The third-order valence-corrected chi connectivity index (χ3v) is 4.35. The van der Waals surface area contributed by atoms with Crippen molar-refractivity contribution < 1.29 is 14.6 Å². The van der Waals surface area contributed by atoms with Crippen LogP contribution in [-0.2, 0) is 4.74 Å². The van der Waals surface area contributed by atoms with E-state index in [9.17, 15) is 9.90 Å². The quantitative estimate of drug-likeness (QED) is 0.702. The topological polar surface area (TPSA) is 88.7 Å². The summed E-state index contributed by atoms with van der Waals surface area (Å²) < 4.78 is 4.83. The van der Waals surface area contributed by atoms with Crippen molar-refractivity contribution in [1.29, 1.82) is 0 Å². The molecule has 0 aliphatic carbocycles. The Labute approximate surface area is 129 Å². The number of methoxy groups -OCH3 is 1. The van der Waals surface area contributed by atoms with Crippen LogP contribution in [0.15, 0.2) is 18.2 Å². The minimum absolute atomic E-state index is 0.0145. The van der Waals surface area contributed by atoms with Gasteiger partial charge in [0.05, 0.1) is 7.11 Å². The minimum Gasteiger partial charge on any atom is -0.453 e. The average Bonchev–Trinajstić information content (AvgIpc) is 2.78. The lowest BCUT2D eigenvalue weighted by Gasteiger charge is -2.40. The van der Waals surface area contributed by atoms with Crippen molar-refractivity contribution in [2.24, 2.45) is 0 Å². The standard InChI is InChI=1S/C16H19N3O3/c1-22-15(20)19-12-5-6-13(19)10-16(21,9-12)8-7-11-3-2-4-14(17)18-11/h2-4,12-13,21H,5-6,9-10H2,1H3,(H2,17,18). The monoisotopic (exact) mass is 301 g/mol. The number of hydrogen-bond acceptors (Lipinski definition) is 5. The molecule has 0 aromatic carbocycles. The molecule has 2 unspecified atom stereocenters. The third kappa shape index (κ3) is 2.72. The fourth-order valence-corrected chi connectivity index (χ4v) is 3.43. The highest BCUT2D eigenvalue weighted by Crippen LogP contribution is 2.40. The molecule has 2 atom stereocenters. The number of carbonyl (C=O) groups excluding carboxylic acids is 1. The predicted molar refractivity (Wildman–Crippen MR) is 80.8 cm³/mol. The zero-order valence-corrected chi connectivity index (χ0v) is 12.5. The number of hydrogen-bond donors (Lipinski definition) is 2. The molecule has 6 nitrogen and oxygen atoms in total. The zero-order valence-electron chi connectivity index (χ0n) is 12.5. The molecule has 1 aromatic rings. The van der Waals surface area contributed by atoms with Crippen molar-refractivity contribution in [2.75, 3.05) is 12.8 Å². The Hall–Kier alpha value is -2.26. The van der Waals surface area contributed by atoms with E-state index < -0.39 is 5.60 Å². The van der Waals surface area contributed by atoms with Crippen LogP contribution in [0.1, 0.15) is 31.4 Å². The highest BCUT2D eigenvalue weighted by Gasteiger charge is 2.49. The van der Waals surface area contributed by atoms with E-state index in [0.717, 1.165) is 12.8 Å². The lowest BCUT2D eigenvalue weighted by atomic mass is 9.86. The molecule has 0 saturated carbocycles. The lowest BCUT2D eigenvalue weighted by Crippen LogP contribution is -2.52. The molecule has 3 N–H and O–H groups in total. The first-order chi connectivity index (χ1) is 10.5. The molecule has 22 heavy (non-hydrogen) atoms. The first kappa shape index (κ1) is 14.7. The fourth-order valence-electron chi connectivity index (χ4n) is 3.43. The summed E-state index contributed by atoms with van der Waals surface area (Å²) in [7, 11) is 1.38. The number of aliphatic hydroxyl groups is 1. The fraction of sp³-hybridized carbons (Fsp3) is 0.500. The summed E-state index contributed by atoms with van der Waals surface area (Å²) in [6.07, 6.45) is 2.31. The molecule has 2 bridgehead atoms. The number of ether oxygens (including phenoxy) is 1. The van der Waals surface area contributed by atoms with E-state index in [2.05, 4.69) is 16.8 Å². The maximum absolute atomic E-state index is 11.8. The molecule has 3 rings (SSSR count). The number of nitrogens with two attached hydrogens (primary N) is 1.